The molecule has 0 aliphatic carbocycles. The maximum Gasteiger partial charge on any atom is 0.216 e. The number of hydrogen-bond donors (Lipinski definition) is 1. The number of benzene rings is 1. The lowest BCUT2D eigenvalue weighted by molar-refractivity contribution is -0.119. The SMILES string of the molecule is CC(=O)NCCOc1ccc(Cl)c(Cl)c1. The molecule has 1 amide bonds. The Hall–Kier alpha value is -0.930. The number of nitrogens with one attached hydrogen (secondary N) is 1. The number of carbonyl (C=O) groups excluding carboxylic acids is 1. The fourth-order valence-corrected chi connectivity index (χ4v) is 1.25. The van der Waals surface area contributed by atoms with E-state index >= 15 is 0 Å². The van der Waals surface area contributed by atoms with E-state index in [9.17, 15) is 4.79 Å². The molecule has 0 aliphatic heterocycles. The van der Waals surface area contributed by atoms with Crippen LogP contribution in [0.15, 0.2) is 18.2 Å². The van der Waals surface area contributed by atoms with Gasteiger partial charge in [0.05, 0.1) is 16.6 Å². The molecule has 1 aromatic carbocycles. The van der Waals surface area contributed by atoms with Crippen molar-refractivity contribution >= 4 is 29.1 Å². The number of rotatable bonds is 4. The van der Waals surface area contributed by atoms with Gasteiger partial charge in [-0.05, 0) is 12.1 Å². The zero-order valence-electron chi connectivity index (χ0n) is 8.22. The normalized spacial score (nSPS) is 9.80. The highest BCUT2D eigenvalue weighted by Crippen LogP contribution is 2.26. The molecule has 0 atom stereocenters. The minimum atomic E-state index is -0.0762. The molecule has 1 N–H and O–H groups in total. The van der Waals surface area contributed by atoms with Gasteiger partial charge < -0.3 is 10.1 Å². The fourth-order valence-electron chi connectivity index (χ4n) is 0.963. The summed E-state index contributed by atoms with van der Waals surface area (Å²) in [6, 6.07) is 5.03. The smallest absolute Gasteiger partial charge is 0.216 e. The highest BCUT2D eigenvalue weighted by Gasteiger charge is 2.00. The number of carbonyl (C=O) groups is 1. The quantitative estimate of drug-likeness (QED) is 0.831. The summed E-state index contributed by atoms with van der Waals surface area (Å²) in [5, 5.41) is 3.56. The molecule has 0 spiro atoms. The molecule has 0 fully saturated rings. The molecule has 1 rings (SSSR count). The van der Waals surface area contributed by atoms with E-state index in [-0.39, 0.29) is 5.91 Å². The van der Waals surface area contributed by atoms with Crippen LogP contribution in [0.2, 0.25) is 10.0 Å². The maximum atomic E-state index is 10.5. The molecule has 0 aromatic heterocycles. The molecular weight excluding hydrogens is 237 g/mol. The number of halogens is 2. The van der Waals surface area contributed by atoms with Crippen LogP contribution >= 0.6 is 23.2 Å². The molecule has 3 nitrogen and oxygen atoms in total. The van der Waals surface area contributed by atoms with E-state index in [1.807, 2.05) is 0 Å². The van der Waals surface area contributed by atoms with Crippen LogP contribution in [0.1, 0.15) is 6.92 Å². The van der Waals surface area contributed by atoms with Gasteiger partial charge in [-0.25, -0.2) is 0 Å². The third-order valence-electron chi connectivity index (χ3n) is 1.64. The van der Waals surface area contributed by atoms with Gasteiger partial charge in [-0.15, -0.1) is 0 Å². The zero-order valence-corrected chi connectivity index (χ0v) is 9.73. The van der Waals surface area contributed by atoms with Gasteiger partial charge in [-0.2, -0.15) is 0 Å². The van der Waals surface area contributed by atoms with Crippen LogP contribution in [0, 0.1) is 0 Å². The largest absolute Gasteiger partial charge is 0.492 e. The number of hydrogen-bond acceptors (Lipinski definition) is 2. The van der Waals surface area contributed by atoms with Gasteiger partial charge in [0.15, 0.2) is 0 Å². The Kier molecular flexibility index (Phi) is 4.72. The average Bonchev–Trinajstić information content (AvgIpc) is 2.18. The van der Waals surface area contributed by atoms with Gasteiger partial charge in [0.25, 0.3) is 0 Å². The van der Waals surface area contributed by atoms with Gasteiger partial charge in [-0.1, -0.05) is 23.2 Å². The van der Waals surface area contributed by atoms with Crippen molar-refractivity contribution in [2.45, 2.75) is 6.92 Å². The first-order chi connectivity index (χ1) is 7.09. The molecule has 0 unspecified atom stereocenters. The van der Waals surface area contributed by atoms with Gasteiger partial charge in [-0.3, -0.25) is 4.79 Å². The summed E-state index contributed by atoms with van der Waals surface area (Å²) in [5.74, 6) is 0.558. The number of ether oxygens (including phenoxy) is 1. The van der Waals surface area contributed by atoms with Crippen LogP contribution in [0.5, 0.6) is 5.75 Å². The molecule has 0 radical (unpaired) electrons. The lowest BCUT2D eigenvalue weighted by Gasteiger charge is -2.07. The molecule has 0 heterocycles. The predicted molar refractivity (Wildman–Crippen MR) is 60.6 cm³/mol. The maximum absolute atomic E-state index is 10.5. The first-order valence-corrected chi connectivity index (χ1v) is 5.17. The summed E-state index contributed by atoms with van der Waals surface area (Å²) < 4.78 is 5.33. The lowest BCUT2D eigenvalue weighted by Crippen LogP contribution is -2.25. The number of amides is 1. The van der Waals surface area contributed by atoms with Crippen molar-refractivity contribution < 1.29 is 9.53 Å². The van der Waals surface area contributed by atoms with Crippen LogP contribution in [0.4, 0.5) is 0 Å². The standard InChI is InChI=1S/C10H11Cl2NO2/c1-7(14)13-4-5-15-8-2-3-9(11)10(12)6-8/h2-3,6H,4-5H2,1H3,(H,13,14). The molecule has 15 heavy (non-hydrogen) atoms. The summed E-state index contributed by atoms with van der Waals surface area (Å²) in [6.45, 7) is 2.33. The van der Waals surface area contributed by atoms with E-state index in [0.29, 0.717) is 28.9 Å². The fraction of sp³-hybridized carbons (Fsp3) is 0.300. The highest BCUT2D eigenvalue weighted by molar-refractivity contribution is 6.42. The minimum Gasteiger partial charge on any atom is -0.492 e. The van der Waals surface area contributed by atoms with Crippen LogP contribution in [-0.4, -0.2) is 19.1 Å². The van der Waals surface area contributed by atoms with E-state index in [1.165, 1.54) is 6.92 Å². The van der Waals surface area contributed by atoms with E-state index in [4.69, 9.17) is 27.9 Å². The van der Waals surface area contributed by atoms with Crippen LogP contribution in [0.25, 0.3) is 0 Å². The Morgan fingerprint density at radius 1 is 1.40 bits per heavy atom. The molecular formula is C10H11Cl2NO2. The van der Waals surface area contributed by atoms with Crippen molar-refractivity contribution in [2.75, 3.05) is 13.2 Å². The summed E-state index contributed by atoms with van der Waals surface area (Å²) >= 11 is 11.5. The van der Waals surface area contributed by atoms with E-state index in [1.54, 1.807) is 18.2 Å². The summed E-state index contributed by atoms with van der Waals surface area (Å²) in [5.41, 5.74) is 0. The van der Waals surface area contributed by atoms with Crippen molar-refractivity contribution in [1.82, 2.24) is 5.32 Å². The predicted octanol–water partition coefficient (Wildman–Crippen LogP) is 2.51. The molecule has 0 saturated heterocycles. The second-order valence-corrected chi connectivity index (χ2v) is 3.72. The average molecular weight is 248 g/mol. The van der Waals surface area contributed by atoms with E-state index < -0.39 is 0 Å². The van der Waals surface area contributed by atoms with Crippen molar-refractivity contribution in [3.8, 4) is 5.75 Å². The Bertz CT molecular complexity index is 355. The third kappa shape index (κ3) is 4.40. The summed E-state index contributed by atoms with van der Waals surface area (Å²) in [6.07, 6.45) is 0. The first-order valence-electron chi connectivity index (χ1n) is 4.42. The third-order valence-corrected chi connectivity index (χ3v) is 2.37. The van der Waals surface area contributed by atoms with Crippen LogP contribution in [-0.2, 0) is 4.79 Å². The Labute approximate surface area is 98.3 Å². The lowest BCUT2D eigenvalue weighted by atomic mass is 10.3. The first kappa shape index (κ1) is 12.1. The van der Waals surface area contributed by atoms with Gasteiger partial charge in [0, 0.05) is 13.0 Å². The van der Waals surface area contributed by atoms with Gasteiger partial charge >= 0.3 is 0 Å². The molecule has 0 saturated carbocycles. The topological polar surface area (TPSA) is 38.3 Å². The van der Waals surface area contributed by atoms with E-state index in [2.05, 4.69) is 5.32 Å². The Morgan fingerprint density at radius 2 is 2.13 bits per heavy atom. The molecule has 5 heteroatoms. The van der Waals surface area contributed by atoms with Gasteiger partial charge in [0.2, 0.25) is 5.91 Å². The molecule has 1 aromatic rings. The summed E-state index contributed by atoms with van der Waals surface area (Å²) in [4.78, 5) is 10.5. The molecule has 0 aliphatic rings. The molecule has 82 valence electrons. The second-order valence-electron chi connectivity index (χ2n) is 2.91. The minimum absolute atomic E-state index is 0.0762. The second kappa shape index (κ2) is 5.83. The highest BCUT2D eigenvalue weighted by atomic mass is 35.5. The van der Waals surface area contributed by atoms with Crippen LogP contribution < -0.4 is 10.1 Å². The van der Waals surface area contributed by atoms with Crippen molar-refractivity contribution in [3.63, 3.8) is 0 Å². The van der Waals surface area contributed by atoms with Crippen LogP contribution in [0.3, 0.4) is 0 Å². The van der Waals surface area contributed by atoms with Gasteiger partial charge in [0.1, 0.15) is 12.4 Å². The Balaban J connectivity index is 2.38. The molecule has 0 bridgehead atoms. The zero-order chi connectivity index (χ0) is 11.3. The monoisotopic (exact) mass is 247 g/mol. The van der Waals surface area contributed by atoms with E-state index in [0.717, 1.165) is 0 Å². The van der Waals surface area contributed by atoms with Crippen molar-refractivity contribution in [1.29, 1.82) is 0 Å². The Morgan fingerprint density at radius 3 is 2.73 bits per heavy atom. The summed E-state index contributed by atoms with van der Waals surface area (Å²) in [7, 11) is 0. The van der Waals surface area contributed by atoms with Crippen molar-refractivity contribution in [2.24, 2.45) is 0 Å². The van der Waals surface area contributed by atoms with Crippen molar-refractivity contribution in [3.05, 3.63) is 28.2 Å².